The third-order valence-electron chi connectivity index (χ3n) is 3.85. The van der Waals surface area contributed by atoms with Crippen LogP contribution in [0.25, 0.3) is 22.6 Å². The molecule has 1 N–H and O–H groups in total. The van der Waals surface area contributed by atoms with Crippen molar-refractivity contribution in [1.82, 2.24) is 20.2 Å². The number of nitrogens with zero attached hydrogens (tertiary/aromatic N) is 3. The molecule has 0 unspecified atom stereocenters. The summed E-state index contributed by atoms with van der Waals surface area (Å²) in [7, 11) is 0. The maximum absolute atomic E-state index is 4.45. The third-order valence-corrected chi connectivity index (χ3v) is 3.85. The molecule has 4 rings (SSSR count). The molecular weight excluding hydrogens is 296 g/mol. The normalized spacial score (nSPS) is 10.7. The predicted molar refractivity (Wildman–Crippen MR) is 94.3 cm³/mol. The van der Waals surface area contributed by atoms with Crippen LogP contribution in [0.4, 0.5) is 0 Å². The van der Waals surface area contributed by atoms with Gasteiger partial charge in [-0.25, -0.2) is 9.97 Å². The van der Waals surface area contributed by atoms with E-state index in [1.54, 1.807) is 0 Å². The van der Waals surface area contributed by atoms with Gasteiger partial charge in [-0.3, -0.25) is 5.10 Å². The van der Waals surface area contributed by atoms with Crippen molar-refractivity contribution in [2.45, 2.75) is 6.42 Å². The molecule has 4 nitrogen and oxygen atoms in total. The number of aromatic amines is 1. The van der Waals surface area contributed by atoms with Gasteiger partial charge in [-0.2, -0.15) is 5.10 Å². The lowest BCUT2D eigenvalue weighted by Gasteiger charge is -2.00. The van der Waals surface area contributed by atoms with Gasteiger partial charge in [-0.15, -0.1) is 0 Å². The Bertz CT molecular complexity index is 913. The number of hydrogen-bond acceptors (Lipinski definition) is 3. The van der Waals surface area contributed by atoms with Gasteiger partial charge < -0.3 is 0 Å². The second kappa shape index (κ2) is 6.46. The first-order chi connectivity index (χ1) is 11.9. The third kappa shape index (κ3) is 3.08. The van der Waals surface area contributed by atoms with Gasteiger partial charge in [-0.05, 0) is 11.6 Å². The van der Waals surface area contributed by atoms with Crippen LogP contribution in [0, 0.1) is 0 Å². The summed E-state index contributed by atoms with van der Waals surface area (Å²) in [6.45, 7) is 0. The lowest BCUT2D eigenvalue weighted by Crippen LogP contribution is -1.89. The van der Waals surface area contributed by atoms with Gasteiger partial charge in [0.25, 0.3) is 0 Å². The fourth-order valence-corrected chi connectivity index (χ4v) is 2.61. The van der Waals surface area contributed by atoms with E-state index in [2.05, 4.69) is 32.3 Å². The Hall–Kier alpha value is -3.27. The summed E-state index contributed by atoms with van der Waals surface area (Å²) in [5, 5.41) is 7.47. The minimum absolute atomic E-state index is 0.722. The zero-order valence-corrected chi connectivity index (χ0v) is 13.1. The van der Waals surface area contributed by atoms with Crippen molar-refractivity contribution in [3.8, 4) is 22.6 Å². The monoisotopic (exact) mass is 312 g/mol. The minimum atomic E-state index is 0.722. The van der Waals surface area contributed by atoms with E-state index in [4.69, 9.17) is 0 Å². The molecule has 0 spiro atoms. The SMILES string of the molecule is c1ccc(Cc2cc(-c3cnc(-c4ccccc4)nc3)n[nH]2)cc1. The molecule has 4 aromatic rings. The topological polar surface area (TPSA) is 54.5 Å². The highest BCUT2D eigenvalue weighted by atomic mass is 15.1. The van der Waals surface area contributed by atoms with Crippen LogP contribution in [0.5, 0.6) is 0 Å². The first-order valence-electron chi connectivity index (χ1n) is 7.84. The zero-order valence-electron chi connectivity index (χ0n) is 13.1. The molecule has 4 heteroatoms. The Morgan fingerprint density at radius 2 is 1.42 bits per heavy atom. The largest absolute Gasteiger partial charge is 0.282 e. The van der Waals surface area contributed by atoms with Gasteiger partial charge in [-0.1, -0.05) is 60.7 Å². The van der Waals surface area contributed by atoms with Gasteiger partial charge >= 0.3 is 0 Å². The molecule has 0 bridgehead atoms. The molecule has 0 radical (unpaired) electrons. The number of hydrogen-bond donors (Lipinski definition) is 1. The molecule has 2 heterocycles. The van der Waals surface area contributed by atoms with Crippen LogP contribution in [0.15, 0.2) is 79.1 Å². The maximum Gasteiger partial charge on any atom is 0.159 e. The molecule has 2 aromatic heterocycles. The van der Waals surface area contributed by atoms with Crippen LogP contribution in [-0.2, 0) is 6.42 Å². The molecule has 0 saturated carbocycles. The van der Waals surface area contributed by atoms with Crippen molar-refractivity contribution in [3.63, 3.8) is 0 Å². The summed E-state index contributed by atoms with van der Waals surface area (Å²) in [4.78, 5) is 8.91. The van der Waals surface area contributed by atoms with Crippen LogP contribution in [0.1, 0.15) is 11.3 Å². The van der Waals surface area contributed by atoms with Gasteiger partial charge in [0, 0.05) is 35.6 Å². The molecule has 24 heavy (non-hydrogen) atoms. The Morgan fingerprint density at radius 3 is 2.12 bits per heavy atom. The highest BCUT2D eigenvalue weighted by Crippen LogP contribution is 2.20. The average molecular weight is 312 g/mol. The second-order valence-electron chi connectivity index (χ2n) is 5.60. The maximum atomic E-state index is 4.45. The van der Waals surface area contributed by atoms with Crippen molar-refractivity contribution >= 4 is 0 Å². The summed E-state index contributed by atoms with van der Waals surface area (Å²) in [5.41, 5.74) is 5.10. The fourth-order valence-electron chi connectivity index (χ4n) is 2.61. The van der Waals surface area contributed by atoms with Crippen LogP contribution in [-0.4, -0.2) is 20.2 Å². The molecule has 0 aliphatic rings. The van der Waals surface area contributed by atoms with E-state index >= 15 is 0 Å². The number of H-pyrrole nitrogens is 1. The van der Waals surface area contributed by atoms with Crippen LogP contribution < -0.4 is 0 Å². The molecular formula is C20H16N4. The van der Waals surface area contributed by atoms with E-state index in [0.717, 1.165) is 34.8 Å². The van der Waals surface area contributed by atoms with Crippen molar-refractivity contribution < 1.29 is 0 Å². The summed E-state index contributed by atoms with van der Waals surface area (Å²) in [6, 6.07) is 22.3. The van der Waals surface area contributed by atoms with E-state index in [0.29, 0.717) is 0 Å². The van der Waals surface area contributed by atoms with Crippen LogP contribution in [0.2, 0.25) is 0 Å². The molecule has 0 saturated heterocycles. The van der Waals surface area contributed by atoms with Crippen LogP contribution in [0.3, 0.4) is 0 Å². The molecule has 2 aromatic carbocycles. The first kappa shape index (κ1) is 14.3. The van der Waals surface area contributed by atoms with Gasteiger partial charge in [0.15, 0.2) is 5.82 Å². The summed E-state index contributed by atoms with van der Waals surface area (Å²) in [5.74, 6) is 0.722. The minimum Gasteiger partial charge on any atom is -0.282 e. The molecule has 0 amide bonds. The smallest absolute Gasteiger partial charge is 0.159 e. The number of benzene rings is 2. The van der Waals surface area contributed by atoms with Crippen LogP contribution >= 0.6 is 0 Å². The van der Waals surface area contributed by atoms with E-state index in [1.807, 2.05) is 67.0 Å². The van der Waals surface area contributed by atoms with Crippen molar-refractivity contribution in [1.29, 1.82) is 0 Å². The fraction of sp³-hybridized carbons (Fsp3) is 0.0500. The number of rotatable bonds is 4. The highest BCUT2D eigenvalue weighted by Gasteiger charge is 2.07. The van der Waals surface area contributed by atoms with E-state index in [1.165, 1.54) is 5.56 Å². The summed E-state index contributed by atoms with van der Waals surface area (Å²) < 4.78 is 0. The standard InChI is InChI=1S/C20H16N4/c1-3-7-15(8-4-1)11-18-12-19(24-23-18)17-13-21-20(22-14-17)16-9-5-2-6-10-16/h1-10,12-14H,11H2,(H,23,24). The Kier molecular flexibility index (Phi) is 3.86. The number of aromatic nitrogens is 4. The average Bonchev–Trinajstić information content (AvgIpc) is 3.12. The summed E-state index contributed by atoms with van der Waals surface area (Å²) in [6.07, 6.45) is 4.46. The van der Waals surface area contributed by atoms with E-state index < -0.39 is 0 Å². The predicted octanol–water partition coefficient (Wildman–Crippen LogP) is 4.12. The lowest BCUT2D eigenvalue weighted by molar-refractivity contribution is 0.997. The van der Waals surface area contributed by atoms with Crippen molar-refractivity contribution in [3.05, 3.63) is 90.4 Å². The van der Waals surface area contributed by atoms with Gasteiger partial charge in [0.1, 0.15) is 0 Å². The Morgan fingerprint density at radius 1 is 0.750 bits per heavy atom. The molecule has 0 atom stereocenters. The second-order valence-corrected chi connectivity index (χ2v) is 5.60. The molecule has 116 valence electrons. The molecule has 0 aliphatic heterocycles. The summed E-state index contributed by atoms with van der Waals surface area (Å²) >= 11 is 0. The Balaban J connectivity index is 1.54. The Labute approximate surface area is 140 Å². The van der Waals surface area contributed by atoms with E-state index in [-0.39, 0.29) is 0 Å². The van der Waals surface area contributed by atoms with E-state index in [9.17, 15) is 0 Å². The van der Waals surface area contributed by atoms with Crippen molar-refractivity contribution in [2.24, 2.45) is 0 Å². The molecule has 0 aliphatic carbocycles. The van der Waals surface area contributed by atoms with Gasteiger partial charge in [0.2, 0.25) is 0 Å². The highest BCUT2D eigenvalue weighted by molar-refractivity contribution is 5.60. The zero-order chi connectivity index (χ0) is 16.2. The lowest BCUT2D eigenvalue weighted by atomic mass is 10.1. The first-order valence-corrected chi connectivity index (χ1v) is 7.84. The van der Waals surface area contributed by atoms with Gasteiger partial charge in [0.05, 0.1) is 5.69 Å². The number of nitrogens with one attached hydrogen (secondary N) is 1. The molecule has 0 fully saturated rings. The quantitative estimate of drug-likeness (QED) is 0.616. The van der Waals surface area contributed by atoms with Crippen molar-refractivity contribution in [2.75, 3.05) is 0 Å².